The fourth-order valence-corrected chi connectivity index (χ4v) is 5.40. The Morgan fingerprint density at radius 1 is 1.18 bits per heavy atom. The van der Waals surface area contributed by atoms with Crippen LogP contribution in [-0.4, -0.2) is 80.3 Å². The third kappa shape index (κ3) is 4.16. The number of fused-ring (bicyclic) bond motifs is 1. The number of morpholine rings is 1. The maximum Gasteiger partial charge on any atom is 0.234 e. The molecule has 1 aromatic carbocycles. The summed E-state index contributed by atoms with van der Waals surface area (Å²) in [5.41, 5.74) is 0.638. The van der Waals surface area contributed by atoms with Crippen molar-refractivity contribution in [1.82, 2.24) is 10.2 Å². The Balaban J connectivity index is 1.22. The molecule has 3 saturated heterocycles. The third-order valence-electron chi connectivity index (χ3n) is 6.96. The first kappa shape index (κ1) is 22.1. The number of hydrogen-bond acceptors (Lipinski definition) is 6. The highest BCUT2D eigenvalue weighted by atomic mass is 16.5. The smallest absolute Gasteiger partial charge is 0.234 e. The highest BCUT2D eigenvalue weighted by molar-refractivity contribution is 6.03. The quantitative estimate of drug-likeness (QED) is 0.466. The zero-order valence-electron chi connectivity index (χ0n) is 18.8. The minimum absolute atomic E-state index is 0.0948. The van der Waals surface area contributed by atoms with Crippen molar-refractivity contribution in [3.8, 4) is 0 Å². The van der Waals surface area contributed by atoms with E-state index < -0.39 is 17.4 Å². The van der Waals surface area contributed by atoms with Crippen LogP contribution in [0.5, 0.6) is 0 Å². The molecule has 33 heavy (non-hydrogen) atoms. The van der Waals surface area contributed by atoms with E-state index >= 15 is 0 Å². The van der Waals surface area contributed by atoms with Crippen molar-refractivity contribution >= 4 is 29.1 Å². The minimum Gasteiger partial charge on any atom is -0.379 e. The zero-order chi connectivity index (χ0) is 23.0. The summed E-state index contributed by atoms with van der Waals surface area (Å²) in [4.78, 5) is 41.8. The van der Waals surface area contributed by atoms with Gasteiger partial charge in [-0.15, -0.1) is 0 Å². The molecule has 2 N–H and O–H groups in total. The lowest BCUT2D eigenvalue weighted by molar-refractivity contribution is -0.131. The van der Waals surface area contributed by atoms with E-state index in [0.29, 0.717) is 18.8 Å². The van der Waals surface area contributed by atoms with Gasteiger partial charge in [0.15, 0.2) is 0 Å². The summed E-state index contributed by atoms with van der Waals surface area (Å²) in [6, 6.07) is 7.14. The van der Waals surface area contributed by atoms with Crippen LogP contribution in [0, 0.1) is 11.8 Å². The number of benzene rings is 1. The van der Waals surface area contributed by atoms with Crippen LogP contribution in [0.2, 0.25) is 0 Å². The molecule has 3 unspecified atom stereocenters. The maximum absolute atomic E-state index is 13.4. The molecule has 0 aliphatic carbocycles. The number of anilines is 2. The number of nitrogens with one attached hydrogen (secondary N) is 2. The largest absolute Gasteiger partial charge is 0.379 e. The highest BCUT2D eigenvalue weighted by Gasteiger charge is 2.67. The van der Waals surface area contributed by atoms with Crippen molar-refractivity contribution in [3.05, 3.63) is 36.4 Å². The molecule has 5 rings (SSSR count). The zero-order valence-corrected chi connectivity index (χ0v) is 18.8. The highest BCUT2D eigenvalue weighted by Crippen LogP contribution is 2.52. The molecule has 4 aliphatic heterocycles. The van der Waals surface area contributed by atoms with Crippen molar-refractivity contribution < 1.29 is 23.9 Å². The number of nitrogens with zero attached hydrogens (tertiary/aromatic N) is 2. The number of rotatable bonds is 7. The Labute approximate surface area is 193 Å². The number of ether oxygens (including phenoxy) is 2. The second-order valence-corrected chi connectivity index (χ2v) is 9.15. The molecule has 1 spiro atoms. The Kier molecular flexibility index (Phi) is 5.94. The first-order chi connectivity index (χ1) is 16.0. The lowest BCUT2D eigenvalue weighted by Crippen LogP contribution is -2.45. The van der Waals surface area contributed by atoms with Crippen LogP contribution in [0.25, 0.3) is 0 Å². The van der Waals surface area contributed by atoms with Crippen molar-refractivity contribution in [2.24, 2.45) is 11.8 Å². The van der Waals surface area contributed by atoms with E-state index in [4.69, 9.17) is 9.47 Å². The molecular formula is C24H30N4O5. The first-order valence-electron chi connectivity index (χ1n) is 11.6. The van der Waals surface area contributed by atoms with Gasteiger partial charge in [0.05, 0.1) is 37.7 Å². The third-order valence-corrected chi connectivity index (χ3v) is 6.96. The van der Waals surface area contributed by atoms with Gasteiger partial charge in [-0.05, 0) is 37.2 Å². The molecule has 4 aliphatic rings. The standard InChI is InChI=1S/C24H30N4O5/c1-16(29)26-17-3-5-18(6-4-17)28-15-24-8-7-19(33-24)20(21(24)23(28)31)22(30)25-9-2-10-27-11-13-32-14-12-27/h3-8,19-21H,2,9-15H2,1H3,(H,25,30)(H,26,29)/t19?,20?,21?,24-/m0/s1. The Hall–Kier alpha value is -2.75. The molecule has 9 heteroatoms. The molecule has 4 heterocycles. The van der Waals surface area contributed by atoms with Gasteiger partial charge in [-0.1, -0.05) is 12.2 Å². The summed E-state index contributed by atoms with van der Waals surface area (Å²) in [6.07, 6.45) is 4.37. The van der Waals surface area contributed by atoms with E-state index in [1.165, 1.54) is 6.92 Å². The summed E-state index contributed by atoms with van der Waals surface area (Å²) in [6.45, 7) is 6.70. The Morgan fingerprint density at radius 2 is 1.94 bits per heavy atom. The van der Waals surface area contributed by atoms with Crippen molar-refractivity contribution in [3.63, 3.8) is 0 Å². The fourth-order valence-electron chi connectivity index (χ4n) is 5.40. The molecular weight excluding hydrogens is 424 g/mol. The number of carbonyl (C=O) groups is 3. The van der Waals surface area contributed by atoms with Gasteiger partial charge in [0.25, 0.3) is 0 Å². The van der Waals surface area contributed by atoms with E-state index in [9.17, 15) is 14.4 Å². The fraction of sp³-hybridized carbons (Fsp3) is 0.542. The lowest BCUT2D eigenvalue weighted by Gasteiger charge is -2.27. The van der Waals surface area contributed by atoms with Crippen molar-refractivity contribution in [2.75, 3.05) is 56.2 Å². The summed E-state index contributed by atoms with van der Waals surface area (Å²) < 4.78 is 11.6. The van der Waals surface area contributed by atoms with E-state index in [1.807, 2.05) is 12.2 Å². The molecule has 3 fully saturated rings. The predicted octanol–water partition coefficient (Wildman–Crippen LogP) is 0.770. The molecule has 9 nitrogen and oxygen atoms in total. The van der Waals surface area contributed by atoms with Gasteiger partial charge >= 0.3 is 0 Å². The van der Waals surface area contributed by atoms with Gasteiger partial charge in [-0.2, -0.15) is 0 Å². The summed E-state index contributed by atoms with van der Waals surface area (Å²) in [5.74, 6) is -1.41. The molecule has 0 saturated carbocycles. The topological polar surface area (TPSA) is 100 Å². The van der Waals surface area contributed by atoms with Crippen LogP contribution in [0.4, 0.5) is 11.4 Å². The van der Waals surface area contributed by atoms with Gasteiger partial charge < -0.3 is 25.0 Å². The van der Waals surface area contributed by atoms with E-state index in [0.717, 1.165) is 45.0 Å². The van der Waals surface area contributed by atoms with E-state index in [1.54, 1.807) is 29.2 Å². The van der Waals surface area contributed by atoms with Gasteiger partial charge in [-0.3, -0.25) is 19.3 Å². The summed E-state index contributed by atoms with van der Waals surface area (Å²) in [5, 5.41) is 5.76. The maximum atomic E-state index is 13.4. The van der Waals surface area contributed by atoms with Gasteiger partial charge in [0, 0.05) is 37.9 Å². The predicted molar refractivity (Wildman–Crippen MR) is 122 cm³/mol. The molecule has 2 bridgehead atoms. The molecule has 3 amide bonds. The number of carbonyl (C=O) groups excluding carboxylic acids is 3. The number of hydrogen-bond donors (Lipinski definition) is 2. The molecule has 0 aromatic heterocycles. The Morgan fingerprint density at radius 3 is 2.67 bits per heavy atom. The SMILES string of the molecule is CC(=O)Nc1ccc(N2C[C@]34C=CC(O3)C(C(=O)NCCCN3CCOCC3)C4C2=O)cc1. The first-order valence-corrected chi connectivity index (χ1v) is 11.6. The Bertz CT molecular complexity index is 958. The average Bonchev–Trinajstić information content (AvgIpc) is 3.46. The number of amides is 3. The molecule has 1 aromatic rings. The van der Waals surface area contributed by atoms with Gasteiger partial charge in [0.2, 0.25) is 17.7 Å². The average molecular weight is 455 g/mol. The molecule has 0 radical (unpaired) electrons. The van der Waals surface area contributed by atoms with Gasteiger partial charge in [-0.25, -0.2) is 0 Å². The van der Waals surface area contributed by atoms with Crippen LogP contribution in [0.3, 0.4) is 0 Å². The minimum atomic E-state index is -0.756. The van der Waals surface area contributed by atoms with Crippen LogP contribution >= 0.6 is 0 Å². The monoisotopic (exact) mass is 454 g/mol. The summed E-state index contributed by atoms with van der Waals surface area (Å²) in [7, 11) is 0. The van der Waals surface area contributed by atoms with Crippen LogP contribution < -0.4 is 15.5 Å². The van der Waals surface area contributed by atoms with Crippen LogP contribution in [0.15, 0.2) is 36.4 Å². The summed E-state index contributed by atoms with van der Waals surface area (Å²) >= 11 is 0. The normalized spacial score (nSPS) is 30.5. The second kappa shape index (κ2) is 8.89. The second-order valence-electron chi connectivity index (χ2n) is 9.15. The van der Waals surface area contributed by atoms with Crippen molar-refractivity contribution in [1.29, 1.82) is 0 Å². The van der Waals surface area contributed by atoms with E-state index in [-0.39, 0.29) is 23.8 Å². The van der Waals surface area contributed by atoms with Crippen LogP contribution in [0.1, 0.15) is 13.3 Å². The molecule has 4 atom stereocenters. The van der Waals surface area contributed by atoms with Gasteiger partial charge in [0.1, 0.15) is 5.60 Å². The molecule has 176 valence electrons. The lowest BCUT2D eigenvalue weighted by atomic mass is 9.77. The van der Waals surface area contributed by atoms with Crippen LogP contribution in [-0.2, 0) is 23.9 Å². The van der Waals surface area contributed by atoms with E-state index in [2.05, 4.69) is 15.5 Å². The van der Waals surface area contributed by atoms with Crippen molar-refractivity contribution in [2.45, 2.75) is 25.0 Å².